The average molecular weight is 248 g/mol. The van der Waals surface area contributed by atoms with Crippen LogP contribution in [0.15, 0.2) is 53.4 Å². The maximum atomic E-state index is 10.7. The van der Waals surface area contributed by atoms with Crippen molar-refractivity contribution in [2.75, 3.05) is 5.73 Å². The summed E-state index contributed by atoms with van der Waals surface area (Å²) in [6.45, 7) is 0. The fourth-order valence-electron chi connectivity index (χ4n) is 1.32. The van der Waals surface area contributed by atoms with E-state index in [2.05, 4.69) is 0 Å². The minimum Gasteiger partial charge on any atom is -0.768 e. The Kier molecular flexibility index (Phi) is 3.41. The molecular formula is C12H10NO3S-. The van der Waals surface area contributed by atoms with Gasteiger partial charge < -0.3 is 15.0 Å². The van der Waals surface area contributed by atoms with Crippen LogP contribution >= 0.6 is 0 Å². The number of hydrogen-bond donors (Lipinski definition) is 1. The van der Waals surface area contributed by atoms with Crippen molar-refractivity contribution in [1.82, 2.24) is 0 Å². The van der Waals surface area contributed by atoms with Crippen molar-refractivity contribution in [3.8, 4) is 11.5 Å². The Bertz CT molecular complexity index is 540. The molecule has 0 aromatic heterocycles. The molecule has 1 unspecified atom stereocenters. The monoisotopic (exact) mass is 248 g/mol. The second-order valence-corrected chi connectivity index (χ2v) is 4.29. The maximum Gasteiger partial charge on any atom is 0.150 e. The molecule has 2 aromatic carbocycles. The summed E-state index contributed by atoms with van der Waals surface area (Å²) < 4.78 is 26.8. The molecule has 2 aromatic rings. The molecule has 0 radical (unpaired) electrons. The zero-order valence-corrected chi connectivity index (χ0v) is 9.65. The van der Waals surface area contributed by atoms with Crippen LogP contribution < -0.4 is 10.5 Å². The van der Waals surface area contributed by atoms with Crippen LogP contribution in [0.2, 0.25) is 0 Å². The van der Waals surface area contributed by atoms with Crippen molar-refractivity contribution in [2.45, 2.75) is 4.90 Å². The van der Waals surface area contributed by atoms with E-state index < -0.39 is 11.1 Å². The molecule has 0 aliphatic heterocycles. The highest BCUT2D eigenvalue weighted by Crippen LogP contribution is 2.27. The van der Waals surface area contributed by atoms with Gasteiger partial charge in [0.1, 0.15) is 11.5 Å². The van der Waals surface area contributed by atoms with E-state index >= 15 is 0 Å². The minimum atomic E-state index is -2.22. The third-order valence-corrected chi connectivity index (χ3v) is 2.82. The van der Waals surface area contributed by atoms with Crippen LogP contribution in [0, 0.1) is 0 Å². The van der Waals surface area contributed by atoms with Crippen LogP contribution in [-0.4, -0.2) is 8.76 Å². The normalized spacial score (nSPS) is 12.1. The van der Waals surface area contributed by atoms with Gasteiger partial charge in [-0.1, -0.05) is 12.1 Å². The lowest BCUT2D eigenvalue weighted by Crippen LogP contribution is -1.92. The summed E-state index contributed by atoms with van der Waals surface area (Å²) in [5, 5.41) is 0. The van der Waals surface area contributed by atoms with Crippen LogP contribution in [0.5, 0.6) is 11.5 Å². The summed E-state index contributed by atoms with van der Waals surface area (Å²) in [7, 11) is 0. The molecule has 0 fully saturated rings. The molecule has 88 valence electrons. The first kappa shape index (κ1) is 11.6. The second kappa shape index (κ2) is 4.99. The Labute approximate surface area is 101 Å². The van der Waals surface area contributed by atoms with Crippen molar-refractivity contribution in [2.24, 2.45) is 0 Å². The van der Waals surface area contributed by atoms with Crippen molar-refractivity contribution >= 4 is 16.8 Å². The summed E-state index contributed by atoms with van der Waals surface area (Å²) in [5.41, 5.74) is 6.25. The highest BCUT2D eigenvalue weighted by Gasteiger charge is 2.01. The van der Waals surface area contributed by atoms with E-state index in [1.165, 1.54) is 12.1 Å². The Morgan fingerprint density at radius 1 is 1.06 bits per heavy atom. The largest absolute Gasteiger partial charge is 0.768 e. The Morgan fingerprint density at radius 3 is 2.29 bits per heavy atom. The van der Waals surface area contributed by atoms with Gasteiger partial charge in [-0.25, -0.2) is 0 Å². The van der Waals surface area contributed by atoms with E-state index in [1.807, 2.05) is 12.1 Å². The topological polar surface area (TPSA) is 75.4 Å². The fraction of sp³-hybridized carbons (Fsp3) is 0. The Morgan fingerprint density at radius 2 is 1.71 bits per heavy atom. The number of para-hydroxylation sites is 2. The van der Waals surface area contributed by atoms with Gasteiger partial charge in [-0.2, -0.15) is 0 Å². The van der Waals surface area contributed by atoms with Gasteiger partial charge in [0.2, 0.25) is 0 Å². The number of nitrogen functional groups attached to an aromatic ring is 1. The highest BCUT2D eigenvalue weighted by molar-refractivity contribution is 7.79. The molecule has 1 atom stereocenters. The summed E-state index contributed by atoms with van der Waals surface area (Å²) >= 11 is -2.22. The zero-order valence-electron chi connectivity index (χ0n) is 8.83. The van der Waals surface area contributed by atoms with Gasteiger partial charge in [0.05, 0.1) is 5.69 Å². The first-order valence-electron chi connectivity index (χ1n) is 4.88. The molecule has 0 amide bonds. The van der Waals surface area contributed by atoms with E-state index in [4.69, 9.17) is 10.5 Å². The smallest absolute Gasteiger partial charge is 0.150 e. The number of hydrogen-bond acceptors (Lipinski definition) is 4. The van der Waals surface area contributed by atoms with Gasteiger partial charge in [0.15, 0.2) is 0 Å². The van der Waals surface area contributed by atoms with E-state index in [0.29, 0.717) is 17.2 Å². The molecule has 4 nitrogen and oxygen atoms in total. The van der Waals surface area contributed by atoms with Gasteiger partial charge in [-0.05, 0) is 47.5 Å². The molecular weight excluding hydrogens is 238 g/mol. The standard InChI is InChI=1S/C12H11NO3S/c13-11-3-1-2-4-12(11)16-9-5-7-10(8-6-9)17(14)15/h1-8H,13H2,(H,14,15)/p-1. The van der Waals surface area contributed by atoms with Crippen LogP contribution in [-0.2, 0) is 11.1 Å². The zero-order chi connectivity index (χ0) is 12.3. The molecule has 2 N–H and O–H groups in total. The summed E-state index contributed by atoms with van der Waals surface area (Å²) in [6, 6.07) is 13.2. The van der Waals surface area contributed by atoms with Crippen molar-refractivity contribution in [3.05, 3.63) is 48.5 Å². The van der Waals surface area contributed by atoms with Crippen molar-refractivity contribution in [1.29, 1.82) is 0 Å². The number of benzene rings is 2. The van der Waals surface area contributed by atoms with E-state index in [0.717, 1.165) is 0 Å². The van der Waals surface area contributed by atoms with Crippen LogP contribution in [0.1, 0.15) is 0 Å². The predicted molar refractivity (Wildman–Crippen MR) is 64.6 cm³/mol. The number of rotatable bonds is 3. The van der Waals surface area contributed by atoms with Gasteiger partial charge >= 0.3 is 0 Å². The van der Waals surface area contributed by atoms with Gasteiger partial charge in [0.25, 0.3) is 0 Å². The Balaban J connectivity index is 2.20. The molecule has 5 heteroatoms. The molecule has 0 spiro atoms. The SMILES string of the molecule is Nc1ccccc1Oc1ccc(S(=O)[O-])cc1. The molecule has 0 aliphatic rings. The average Bonchev–Trinajstić information content (AvgIpc) is 2.33. The third-order valence-electron chi connectivity index (χ3n) is 2.16. The quantitative estimate of drug-likeness (QED) is 0.668. The maximum absolute atomic E-state index is 10.7. The van der Waals surface area contributed by atoms with Gasteiger partial charge in [0, 0.05) is 4.90 Å². The first-order chi connectivity index (χ1) is 8.16. The van der Waals surface area contributed by atoms with E-state index in [-0.39, 0.29) is 4.90 Å². The van der Waals surface area contributed by atoms with Gasteiger partial charge in [-0.3, -0.25) is 4.21 Å². The van der Waals surface area contributed by atoms with Crippen molar-refractivity contribution < 1.29 is 13.5 Å². The van der Waals surface area contributed by atoms with Crippen LogP contribution in [0.3, 0.4) is 0 Å². The molecule has 0 bridgehead atoms. The molecule has 0 heterocycles. The summed E-state index contributed by atoms with van der Waals surface area (Å²) in [6.07, 6.45) is 0. The minimum absolute atomic E-state index is 0.221. The first-order valence-corrected chi connectivity index (χ1v) is 5.96. The lowest BCUT2D eigenvalue weighted by atomic mass is 10.3. The van der Waals surface area contributed by atoms with Crippen molar-refractivity contribution in [3.63, 3.8) is 0 Å². The number of nitrogens with two attached hydrogens (primary N) is 1. The predicted octanol–water partition coefficient (Wildman–Crippen LogP) is 2.30. The summed E-state index contributed by atoms with van der Waals surface area (Å²) in [4.78, 5) is 0.221. The number of ether oxygens (including phenoxy) is 1. The Hall–Kier alpha value is -1.85. The van der Waals surface area contributed by atoms with Crippen LogP contribution in [0.25, 0.3) is 0 Å². The fourth-order valence-corrected chi connectivity index (χ4v) is 1.68. The highest BCUT2D eigenvalue weighted by atomic mass is 32.2. The molecule has 2 rings (SSSR count). The lowest BCUT2D eigenvalue weighted by molar-refractivity contribution is 0.484. The lowest BCUT2D eigenvalue weighted by Gasteiger charge is -2.09. The molecule has 17 heavy (non-hydrogen) atoms. The van der Waals surface area contributed by atoms with Crippen LogP contribution in [0.4, 0.5) is 5.69 Å². The molecule has 0 saturated carbocycles. The third kappa shape index (κ3) is 2.83. The molecule has 0 aliphatic carbocycles. The second-order valence-electron chi connectivity index (χ2n) is 3.35. The number of anilines is 1. The van der Waals surface area contributed by atoms with Gasteiger partial charge in [-0.15, -0.1) is 0 Å². The molecule has 0 saturated heterocycles. The van der Waals surface area contributed by atoms with E-state index in [1.54, 1.807) is 24.3 Å². The van der Waals surface area contributed by atoms with E-state index in [9.17, 15) is 8.76 Å². The summed E-state index contributed by atoms with van der Waals surface area (Å²) in [5.74, 6) is 1.08.